The summed E-state index contributed by atoms with van der Waals surface area (Å²) < 4.78 is 23.1. The highest BCUT2D eigenvalue weighted by molar-refractivity contribution is 7.77. The second-order valence-corrected chi connectivity index (χ2v) is 4.94. The van der Waals surface area contributed by atoms with E-state index in [0.29, 0.717) is 13.1 Å². The van der Waals surface area contributed by atoms with Gasteiger partial charge in [-0.3, -0.25) is 4.21 Å². The number of aryl methyl sites for hydroxylation is 1. The first-order valence-electron chi connectivity index (χ1n) is 5.97. The molecule has 0 aliphatic carbocycles. The lowest BCUT2D eigenvalue weighted by Crippen LogP contribution is -2.30. The smallest absolute Gasteiger partial charge is 0.0368 e. The second kappa shape index (κ2) is 7.35. The van der Waals surface area contributed by atoms with Gasteiger partial charge in [-0.2, -0.15) is 0 Å². The number of nitrogens with two attached hydrogens (primary N) is 1. The van der Waals surface area contributed by atoms with Crippen LogP contribution < -0.4 is 15.4 Å². The highest BCUT2D eigenvalue weighted by Crippen LogP contribution is 2.21. The molecule has 102 valence electrons. The van der Waals surface area contributed by atoms with Crippen molar-refractivity contribution in [1.29, 1.82) is 0 Å². The average molecular weight is 270 g/mol. The minimum atomic E-state index is -2.20. The molecule has 0 aliphatic heterocycles. The van der Waals surface area contributed by atoms with Gasteiger partial charge in [0.2, 0.25) is 0 Å². The highest BCUT2D eigenvalue weighted by atomic mass is 32.2. The number of nitrogens with zero attached hydrogens (tertiary/aromatic N) is 1. The topological polar surface area (TPSA) is 81.4 Å². The fourth-order valence-electron chi connectivity index (χ4n) is 1.74. The molecule has 1 rings (SSSR count). The summed E-state index contributed by atoms with van der Waals surface area (Å²) in [6.45, 7) is 3.12. The van der Waals surface area contributed by atoms with Crippen molar-refractivity contribution in [1.82, 2.24) is 4.72 Å². The number of likely N-dealkylation sites (N-methyl/N-ethyl adjacent to an activating group) is 1. The maximum absolute atomic E-state index is 10.4. The summed E-state index contributed by atoms with van der Waals surface area (Å²) in [4.78, 5) is 2.00. The van der Waals surface area contributed by atoms with Gasteiger partial charge in [-0.15, -0.1) is 0 Å². The third-order valence-corrected chi connectivity index (χ3v) is 3.19. The predicted octanol–water partition coefficient (Wildman–Crippen LogP) is 1.04. The van der Waals surface area contributed by atoms with Crippen LogP contribution in [0.3, 0.4) is 0 Å². The van der Waals surface area contributed by atoms with E-state index in [1.165, 1.54) is 0 Å². The van der Waals surface area contributed by atoms with Gasteiger partial charge in [-0.1, -0.05) is 13.3 Å². The fraction of sp³-hybridized carbons (Fsp3) is 0.500. The molecule has 0 aliphatic rings. The maximum atomic E-state index is 10.4. The summed E-state index contributed by atoms with van der Waals surface area (Å²) in [5.41, 5.74) is 8.90. The molecule has 0 heterocycles. The summed E-state index contributed by atoms with van der Waals surface area (Å²) in [6, 6.07) is 5.91. The van der Waals surface area contributed by atoms with Gasteiger partial charge in [0, 0.05) is 42.8 Å². The van der Waals surface area contributed by atoms with Crippen molar-refractivity contribution < 1.29 is 8.76 Å². The standard InChI is InChI=1S/C12H21N3O2S/c1-3-4-10-9-11(5-6-12(10)13)15(2)8-7-14-18(16)17/h5-6,9,14H,3-4,7-8,13H2,1-2H3,(H,16,17)/p-1. The Hall–Kier alpha value is -1.11. The first kappa shape index (κ1) is 14.9. The monoisotopic (exact) mass is 270 g/mol. The van der Waals surface area contributed by atoms with E-state index in [1.807, 2.05) is 24.1 Å². The molecule has 0 radical (unpaired) electrons. The summed E-state index contributed by atoms with van der Waals surface area (Å²) in [5, 5.41) is 0. The molecule has 1 atom stereocenters. The molecule has 0 saturated heterocycles. The van der Waals surface area contributed by atoms with Gasteiger partial charge in [0.25, 0.3) is 0 Å². The molecule has 1 aromatic carbocycles. The Morgan fingerprint density at radius 3 is 2.83 bits per heavy atom. The molecule has 0 fully saturated rings. The highest BCUT2D eigenvalue weighted by Gasteiger charge is 2.04. The summed E-state index contributed by atoms with van der Waals surface area (Å²) >= 11 is -2.20. The number of benzene rings is 1. The zero-order chi connectivity index (χ0) is 13.5. The van der Waals surface area contributed by atoms with E-state index >= 15 is 0 Å². The van der Waals surface area contributed by atoms with Crippen LogP contribution in [-0.2, 0) is 17.7 Å². The summed E-state index contributed by atoms with van der Waals surface area (Å²) in [6.07, 6.45) is 2.00. The lowest BCUT2D eigenvalue weighted by atomic mass is 10.1. The van der Waals surface area contributed by atoms with Crippen LogP contribution in [0.1, 0.15) is 18.9 Å². The molecule has 0 amide bonds. The minimum absolute atomic E-state index is 0.389. The van der Waals surface area contributed by atoms with E-state index in [-0.39, 0.29) is 0 Å². The predicted molar refractivity (Wildman–Crippen MR) is 75.0 cm³/mol. The Labute approximate surface area is 111 Å². The van der Waals surface area contributed by atoms with Crippen LogP contribution in [0.5, 0.6) is 0 Å². The number of hydrogen-bond donors (Lipinski definition) is 2. The van der Waals surface area contributed by atoms with Gasteiger partial charge in [0.05, 0.1) is 0 Å². The quantitative estimate of drug-likeness (QED) is 0.573. The molecule has 5 nitrogen and oxygen atoms in total. The van der Waals surface area contributed by atoms with Crippen LogP contribution in [-0.4, -0.2) is 28.9 Å². The largest absolute Gasteiger partial charge is 0.760 e. The van der Waals surface area contributed by atoms with Crippen molar-refractivity contribution in [3.8, 4) is 0 Å². The lowest BCUT2D eigenvalue weighted by molar-refractivity contribution is 0.523. The van der Waals surface area contributed by atoms with Gasteiger partial charge in [0.1, 0.15) is 0 Å². The molecule has 0 bridgehead atoms. The third-order valence-electron chi connectivity index (χ3n) is 2.75. The molecule has 6 heteroatoms. The van der Waals surface area contributed by atoms with Crippen molar-refractivity contribution in [3.05, 3.63) is 23.8 Å². The van der Waals surface area contributed by atoms with Crippen molar-refractivity contribution in [3.63, 3.8) is 0 Å². The fourth-order valence-corrected chi connectivity index (χ4v) is 2.00. The molecule has 0 aromatic heterocycles. The van der Waals surface area contributed by atoms with Crippen LogP contribution in [0.25, 0.3) is 0 Å². The Kier molecular flexibility index (Phi) is 6.11. The number of hydrogen-bond acceptors (Lipinski definition) is 4. The Morgan fingerprint density at radius 1 is 1.50 bits per heavy atom. The SMILES string of the molecule is CCCc1cc(N(C)CCNS(=O)[O-])ccc1N. The van der Waals surface area contributed by atoms with Crippen LogP contribution in [0.2, 0.25) is 0 Å². The second-order valence-electron chi connectivity index (χ2n) is 4.18. The van der Waals surface area contributed by atoms with Gasteiger partial charge < -0.3 is 15.2 Å². The van der Waals surface area contributed by atoms with E-state index < -0.39 is 11.3 Å². The Morgan fingerprint density at radius 2 is 2.22 bits per heavy atom. The van der Waals surface area contributed by atoms with E-state index in [9.17, 15) is 8.76 Å². The van der Waals surface area contributed by atoms with Crippen LogP contribution in [0.4, 0.5) is 11.4 Å². The van der Waals surface area contributed by atoms with E-state index in [1.54, 1.807) is 0 Å². The van der Waals surface area contributed by atoms with Gasteiger partial charge in [-0.05, 0) is 30.2 Å². The molecule has 0 spiro atoms. The normalized spacial score (nSPS) is 12.4. The van der Waals surface area contributed by atoms with E-state index in [0.717, 1.165) is 29.8 Å². The zero-order valence-electron chi connectivity index (χ0n) is 10.8. The maximum Gasteiger partial charge on any atom is 0.0368 e. The molecule has 18 heavy (non-hydrogen) atoms. The first-order valence-corrected chi connectivity index (χ1v) is 7.04. The molecule has 0 saturated carbocycles. The molecular formula is C12H20N3O2S-. The van der Waals surface area contributed by atoms with Crippen molar-refractivity contribution >= 4 is 22.6 Å². The van der Waals surface area contributed by atoms with Crippen molar-refractivity contribution in [2.75, 3.05) is 30.8 Å². The average Bonchev–Trinajstić information content (AvgIpc) is 2.31. The zero-order valence-corrected chi connectivity index (χ0v) is 11.6. The molecule has 1 unspecified atom stereocenters. The first-order chi connectivity index (χ1) is 8.54. The van der Waals surface area contributed by atoms with Crippen LogP contribution in [0.15, 0.2) is 18.2 Å². The summed E-state index contributed by atoms with van der Waals surface area (Å²) in [7, 11) is 1.93. The third kappa shape index (κ3) is 4.64. The van der Waals surface area contributed by atoms with E-state index in [4.69, 9.17) is 5.73 Å². The van der Waals surface area contributed by atoms with Crippen molar-refractivity contribution in [2.24, 2.45) is 0 Å². The van der Waals surface area contributed by atoms with Crippen LogP contribution >= 0.6 is 0 Å². The van der Waals surface area contributed by atoms with Crippen molar-refractivity contribution in [2.45, 2.75) is 19.8 Å². The minimum Gasteiger partial charge on any atom is -0.760 e. The Bertz CT molecular complexity index is 412. The summed E-state index contributed by atoms with van der Waals surface area (Å²) in [5.74, 6) is 0. The van der Waals surface area contributed by atoms with E-state index in [2.05, 4.69) is 17.7 Å². The van der Waals surface area contributed by atoms with Gasteiger partial charge >= 0.3 is 0 Å². The number of nitrogens with one attached hydrogen (secondary N) is 1. The molecule has 3 N–H and O–H groups in total. The number of anilines is 2. The van der Waals surface area contributed by atoms with Gasteiger partial charge in [-0.25, -0.2) is 4.72 Å². The molecular weight excluding hydrogens is 250 g/mol. The van der Waals surface area contributed by atoms with Gasteiger partial charge in [0.15, 0.2) is 0 Å². The Balaban J connectivity index is 2.64. The number of rotatable bonds is 7. The van der Waals surface area contributed by atoms with Crippen LogP contribution in [0, 0.1) is 0 Å². The molecule has 1 aromatic rings. The number of nitrogen functional groups attached to an aromatic ring is 1. The lowest BCUT2D eigenvalue weighted by Gasteiger charge is -2.21.